The van der Waals surface area contributed by atoms with Gasteiger partial charge in [-0.15, -0.1) is 0 Å². The van der Waals surface area contributed by atoms with Crippen molar-refractivity contribution in [2.45, 2.75) is 89.1 Å². The standard InChI is InChI=1S/C30H41F3N6O3/c1-5-28(14-18-39(19-15-28)26(41)42-27(2,3)4)38-22-12-17-35-25(40)23(22)24(34)37-21-10-8-20(9-11-21)29(30(31,32)33)13-6-7-16-36-29/h8-12,17,36H,5-7,13-16,18-19H2,1-4H3,(H2,34,37)(H2,35,38,40). The number of rotatable bonds is 6. The SMILES string of the molecule is CCC1(Nc2cc[nH]c(=O)c2C(=N)Nc2ccc(C3(C(F)(F)F)CCCCN3)cc2)CCN(C(=O)OC(C)(C)C)CC1. The van der Waals surface area contributed by atoms with Crippen molar-refractivity contribution in [1.82, 2.24) is 15.2 Å². The molecule has 1 aromatic carbocycles. The molecule has 0 bridgehead atoms. The summed E-state index contributed by atoms with van der Waals surface area (Å²) in [4.78, 5) is 29.8. The van der Waals surface area contributed by atoms with E-state index in [-0.39, 0.29) is 36.0 Å². The number of alkyl halides is 3. The molecule has 2 fully saturated rings. The van der Waals surface area contributed by atoms with Crippen molar-refractivity contribution < 1.29 is 22.7 Å². The summed E-state index contributed by atoms with van der Waals surface area (Å²) in [6, 6.07) is 7.52. The Hall–Kier alpha value is -3.54. The topological polar surface area (TPSA) is 122 Å². The van der Waals surface area contributed by atoms with Crippen molar-refractivity contribution >= 4 is 23.3 Å². The molecule has 1 unspecified atom stereocenters. The highest BCUT2D eigenvalue weighted by molar-refractivity contribution is 6.09. The largest absolute Gasteiger partial charge is 0.444 e. The highest BCUT2D eigenvalue weighted by Gasteiger charge is 2.56. The zero-order valence-electron chi connectivity index (χ0n) is 24.6. The van der Waals surface area contributed by atoms with Gasteiger partial charge >= 0.3 is 12.3 Å². The van der Waals surface area contributed by atoms with Crippen molar-refractivity contribution in [3.05, 3.63) is 58.0 Å². The van der Waals surface area contributed by atoms with E-state index in [2.05, 4.69) is 20.9 Å². The van der Waals surface area contributed by atoms with Crippen molar-refractivity contribution in [3.63, 3.8) is 0 Å². The molecule has 0 radical (unpaired) electrons. The van der Waals surface area contributed by atoms with Crippen molar-refractivity contribution in [2.24, 2.45) is 0 Å². The van der Waals surface area contributed by atoms with Gasteiger partial charge in [0.25, 0.3) is 5.56 Å². The summed E-state index contributed by atoms with van der Waals surface area (Å²) in [7, 11) is 0. The Kier molecular flexibility index (Phi) is 8.96. The number of aromatic nitrogens is 1. The number of nitrogens with one attached hydrogen (secondary N) is 5. The average molecular weight is 591 g/mol. The quantitative estimate of drug-likeness (QED) is 0.210. The maximum absolute atomic E-state index is 14.1. The number of amidine groups is 1. The number of pyridine rings is 1. The van der Waals surface area contributed by atoms with E-state index < -0.39 is 28.4 Å². The third kappa shape index (κ3) is 6.74. The molecule has 3 heterocycles. The minimum atomic E-state index is -4.45. The lowest BCUT2D eigenvalue weighted by Crippen LogP contribution is -2.56. The van der Waals surface area contributed by atoms with E-state index >= 15 is 0 Å². The number of amides is 1. The Morgan fingerprint density at radius 2 is 1.74 bits per heavy atom. The van der Waals surface area contributed by atoms with Crippen molar-refractivity contribution in [2.75, 3.05) is 30.3 Å². The molecule has 2 aliphatic heterocycles. The molecule has 2 aliphatic rings. The van der Waals surface area contributed by atoms with Crippen LogP contribution in [0.2, 0.25) is 0 Å². The van der Waals surface area contributed by atoms with E-state index in [1.165, 1.54) is 30.5 Å². The van der Waals surface area contributed by atoms with E-state index in [1.807, 2.05) is 27.7 Å². The Morgan fingerprint density at radius 1 is 1.07 bits per heavy atom. The summed E-state index contributed by atoms with van der Waals surface area (Å²) < 4.78 is 47.8. The molecule has 0 saturated carbocycles. The third-order valence-electron chi connectivity index (χ3n) is 8.20. The summed E-state index contributed by atoms with van der Waals surface area (Å²) in [5.41, 5.74) is -2.52. The van der Waals surface area contributed by atoms with Crippen LogP contribution in [-0.2, 0) is 10.3 Å². The zero-order valence-corrected chi connectivity index (χ0v) is 24.6. The van der Waals surface area contributed by atoms with Crippen LogP contribution in [0.5, 0.6) is 0 Å². The number of likely N-dealkylation sites (tertiary alicyclic amines) is 1. The van der Waals surface area contributed by atoms with E-state index in [9.17, 15) is 22.8 Å². The molecule has 0 spiro atoms. The zero-order chi connectivity index (χ0) is 30.8. The molecule has 42 heavy (non-hydrogen) atoms. The maximum atomic E-state index is 14.1. The van der Waals surface area contributed by atoms with Gasteiger partial charge in [-0.25, -0.2) is 4.79 Å². The Morgan fingerprint density at radius 3 is 2.29 bits per heavy atom. The first kappa shape index (κ1) is 31.4. The van der Waals surface area contributed by atoms with Crippen LogP contribution in [0.25, 0.3) is 0 Å². The first-order valence-electron chi connectivity index (χ1n) is 14.4. The highest BCUT2D eigenvalue weighted by Crippen LogP contribution is 2.44. The lowest BCUT2D eigenvalue weighted by atomic mass is 9.81. The Bertz CT molecular complexity index is 1320. The van der Waals surface area contributed by atoms with Crippen LogP contribution in [0.1, 0.15) is 77.3 Å². The Labute approximate surface area is 244 Å². The molecular formula is C30H41F3N6O3. The van der Waals surface area contributed by atoms with Gasteiger partial charge < -0.3 is 25.3 Å². The number of carbonyl (C=O) groups is 1. The molecule has 5 N–H and O–H groups in total. The van der Waals surface area contributed by atoms with E-state index in [1.54, 1.807) is 11.0 Å². The summed E-state index contributed by atoms with van der Waals surface area (Å²) in [5, 5.41) is 17.8. The summed E-state index contributed by atoms with van der Waals surface area (Å²) in [5.74, 6) is -0.189. The average Bonchev–Trinajstić information content (AvgIpc) is 2.92. The molecule has 1 atom stereocenters. The number of hydrogen-bond acceptors (Lipinski definition) is 6. The van der Waals surface area contributed by atoms with Gasteiger partial charge in [0.15, 0.2) is 0 Å². The molecule has 230 valence electrons. The molecule has 9 nitrogen and oxygen atoms in total. The number of halogens is 3. The van der Waals surface area contributed by atoms with Crippen LogP contribution in [0.4, 0.5) is 29.3 Å². The number of piperidine rings is 2. The van der Waals surface area contributed by atoms with Crippen LogP contribution < -0.4 is 21.5 Å². The lowest BCUT2D eigenvalue weighted by Gasteiger charge is -2.43. The van der Waals surface area contributed by atoms with Crippen LogP contribution in [0, 0.1) is 5.41 Å². The molecule has 4 rings (SSSR count). The molecule has 12 heteroatoms. The molecule has 2 aromatic rings. The second-order valence-electron chi connectivity index (χ2n) is 12.2. The van der Waals surface area contributed by atoms with Gasteiger partial charge in [-0.05, 0) is 89.6 Å². The van der Waals surface area contributed by atoms with Gasteiger partial charge in [0.2, 0.25) is 0 Å². The number of benzene rings is 1. The normalized spacial score (nSPS) is 21.0. The van der Waals surface area contributed by atoms with E-state index in [4.69, 9.17) is 10.1 Å². The van der Waals surface area contributed by atoms with Gasteiger partial charge in [0.05, 0.1) is 5.69 Å². The highest BCUT2D eigenvalue weighted by atomic mass is 19.4. The minimum absolute atomic E-state index is 0.0395. The summed E-state index contributed by atoms with van der Waals surface area (Å²) >= 11 is 0. The van der Waals surface area contributed by atoms with E-state index in [0.717, 1.165) is 6.42 Å². The first-order chi connectivity index (χ1) is 19.7. The van der Waals surface area contributed by atoms with Crippen LogP contribution in [0.3, 0.4) is 0 Å². The van der Waals surface area contributed by atoms with Gasteiger partial charge in [-0.1, -0.05) is 19.1 Å². The van der Waals surface area contributed by atoms with Crippen molar-refractivity contribution in [3.8, 4) is 0 Å². The lowest BCUT2D eigenvalue weighted by molar-refractivity contribution is -0.207. The monoisotopic (exact) mass is 590 g/mol. The van der Waals surface area contributed by atoms with E-state index in [0.29, 0.717) is 50.1 Å². The Balaban J connectivity index is 1.50. The second kappa shape index (κ2) is 12.0. The van der Waals surface area contributed by atoms with Gasteiger partial charge in [0, 0.05) is 30.5 Å². The predicted octanol–water partition coefficient (Wildman–Crippen LogP) is 5.94. The van der Waals surface area contributed by atoms with Gasteiger partial charge in [-0.3, -0.25) is 15.5 Å². The molecule has 1 amide bonds. The number of nitrogens with zero attached hydrogens (tertiary/aromatic N) is 1. The number of aromatic amines is 1. The molecular weight excluding hydrogens is 549 g/mol. The molecule has 1 aromatic heterocycles. The van der Waals surface area contributed by atoms with Crippen LogP contribution >= 0.6 is 0 Å². The second-order valence-corrected chi connectivity index (χ2v) is 12.2. The van der Waals surface area contributed by atoms with Gasteiger partial charge in [0.1, 0.15) is 22.5 Å². The number of H-pyrrole nitrogens is 1. The third-order valence-corrected chi connectivity index (χ3v) is 8.20. The fourth-order valence-electron chi connectivity index (χ4n) is 5.73. The molecule has 2 saturated heterocycles. The first-order valence-corrected chi connectivity index (χ1v) is 14.4. The fraction of sp³-hybridized carbons (Fsp3) is 0.567. The summed E-state index contributed by atoms with van der Waals surface area (Å²) in [6.45, 7) is 8.75. The van der Waals surface area contributed by atoms with Crippen LogP contribution in [0.15, 0.2) is 41.3 Å². The number of hydrogen-bond donors (Lipinski definition) is 5. The van der Waals surface area contributed by atoms with Crippen molar-refractivity contribution in [1.29, 1.82) is 5.41 Å². The number of ether oxygens (including phenoxy) is 1. The fourth-order valence-corrected chi connectivity index (χ4v) is 5.73. The smallest absolute Gasteiger partial charge is 0.410 e. The molecule has 0 aliphatic carbocycles. The van der Waals surface area contributed by atoms with Gasteiger partial charge in [-0.2, -0.15) is 13.2 Å². The number of carbonyl (C=O) groups excluding carboxylic acids is 1. The summed E-state index contributed by atoms with van der Waals surface area (Å²) in [6.07, 6.45) is -0.227. The van der Waals surface area contributed by atoms with Crippen LogP contribution in [-0.4, -0.2) is 58.8 Å². The predicted molar refractivity (Wildman–Crippen MR) is 157 cm³/mol. The number of anilines is 2. The maximum Gasteiger partial charge on any atom is 0.410 e. The minimum Gasteiger partial charge on any atom is -0.444 e.